The molecule has 136 valence electrons. The van der Waals surface area contributed by atoms with Crippen LogP contribution in [0, 0.1) is 34.5 Å². The van der Waals surface area contributed by atoms with Crippen molar-refractivity contribution < 1.29 is 10.2 Å². The Morgan fingerprint density at radius 3 is 2.58 bits per heavy atom. The Labute approximate surface area is 147 Å². The molecule has 4 fully saturated rings. The summed E-state index contributed by atoms with van der Waals surface area (Å²) in [6.07, 6.45) is 11.2. The van der Waals surface area contributed by atoms with Gasteiger partial charge in [0.2, 0.25) is 0 Å². The molecule has 0 spiro atoms. The Balaban J connectivity index is 1.63. The Hall–Kier alpha value is -0.340. The fourth-order valence-corrected chi connectivity index (χ4v) is 7.84. The monoisotopic (exact) mass is 332 g/mol. The zero-order valence-electron chi connectivity index (χ0n) is 15.9. The molecule has 0 bridgehead atoms. The van der Waals surface area contributed by atoms with Gasteiger partial charge in [0.25, 0.3) is 0 Å². The second kappa shape index (κ2) is 5.84. The molecule has 7 unspecified atom stereocenters. The van der Waals surface area contributed by atoms with E-state index < -0.39 is 0 Å². The molecule has 4 saturated carbocycles. The van der Waals surface area contributed by atoms with E-state index in [1.54, 1.807) is 5.57 Å². The third-order valence-corrected chi connectivity index (χ3v) is 9.17. The van der Waals surface area contributed by atoms with E-state index in [9.17, 15) is 10.2 Å². The average Bonchev–Trinajstić information content (AvgIpc) is 2.92. The predicted molar refractivity (Wildman–Crippen MR) is 97.5 cm³/mol. The molecule has 4 rings (SSSR count). The van der Waals surface area contributed by atoms with Crippen LogP contribution < -0.4 is 0 Å². The van der Waals surface area contributed by atoms with Crippen LogP contribution in [-0.2, 0) is 0 Å². The molecular weight excluding hydrogens is 296 g/mol. The van der Waals surface area contributed by atoms with Crippen molar-refractivity contribution in [2.24, 2.45) is 34.5 Å². The van der Waals surface area contributed by atoms with Crippen LogP contribution >= 0.6 is 0 Å². The molecule has 2 heteroatoms. The lowest BCUT2D eigenvalue weighted by molar-refractivity contribution is -0.116. The highest BCUT2D eigenvalue weighted by Crippen LogP contribution is 2.67. The molecule has 24 heavy (non-hydrogen) atoms. The van der Waals surface area contributed by atoms with Crippen molar-refractivity contribution in [3.63, 3.8) is 0 Å². The Kier molecular flexibility index (Phi) is 4.16. The maximum absolute atomic E-state index is 10.1. The van der Waals surface area contributed by atoms with Crippen LogP contribution in [0.15, 0.2) is 11.1 Å². The van der Waals surface area contributed by atoms with E-state index in [0.717, 1.165) is 36.5 Å². The summed E-state index contributed by atoms with van der Waals surface area (Å²) < 4.78 is 0. The lowest BCUT2D eigenvalue weighted by Crippen LogP contribution is -2.53. The van der Waals surface area contributed by atoms with E-state index in [2.05, 4.69) is 20.8 Å². The summed E-state index contributed by atoms with van der Waals surface area (Å²) >= 11 is 0. The van der Waals surface area contributed by atoms with Gasteiger partial charge in [0.1, 0.15) is 0 Å². The lowest BCUT2D eigenvalue weighted by Gasteiger charge is -2.60. The molecule has 0 heterocycles. The summed E-state index contributed by atoms with van der Waals surface area (Å²) in [6, 6.07) is 0. The first kappa shape index (κ1) is 17.1. The van der Waals surface area contributed by atoms with Crippen molar-refractivity contribution in [3.05, 3.63) is 11.1 Å². The van der Waals surface area contributed by atoms with Crippen LogP contribution in [0.3, 0.4) is 0 Å². The van der Waals surface area contributed by atoms with Crippen LogP contribution in [0.25, 0.3) is 0 Å². The normalized spacial score (nSPS) is 53.1. The number of aliphatic hydroxyl groups excluding tert-OH is 2. The van der Waals surface area contributed by atoms with Crippen molar-refractivity contribution in [1.29, 1.82) is 0 Å². The fourth-order valence-electron chi connectivity index (χ4n) is 7.84. The van der Waals surface area contributed by atoms with Crippen LogP contribution in [0.5, 0.6) is 0 Å². The van der Waals surface area contributed by atoms with Crippen LogP contribution in [0.4, 0.5) is 0 Å². The number of fused-ring (bicyclic) bond motifs is 5. The topological polar surface area (TPSA) is 40.5 Å². The van der Waals surface area contributed by atoms with E-state index in [4.69, 9.17) is 0 Å². The fraction of sp³-hybridized carbons (Fsp3) is 0.909. The van der Waals surface area contributed by atoms with Gasteiger partial charge >= 0.3 is 0 Å². The molecule has 0 saturated heterocycles. The third kappa shape index (κ3) is 2.28. The van der Waals surface area contributed by atoms with Gasteiger partial charge in [-0.2, -0.15) is 0 Å². The first-order chi connectivity index (χ1) is 11.4. The largest absolute Gasteiger partial charge is 0.393 e. The van der Waals surface area contributed by atoms with Gasteiger partial charge in [0.05, 0.1) is 12.7 Å². The first-order valence-corrected chi connectivity index (χ1v) is 10.4. The molecule has 2 N–H and O–H groups in total. The Bertz CT molecular complexity index is 538. The number of aliphatic hydroxyl groups is 2. The number of allylic oxidation sites excluding steroid dienone is 1. The van der Waals surface area contributed by atoms with Crippen molar-refractivity contribution in [2.75, 3.05) is 6.61 Å². The zero-order valence-corrected chi connectivity index (χ0v) is 15.9. The van der Waals surface area contributed by atoms with E-state index in [1.807, 2.05) is 0 Å². The quantitative estimate of drug-likeness (QED) is 0.683. The third-order valence-electron chi connectivity index (χ3n) is 9.17. The molecule has 0 aromatic heterocycles. The van der Waals surface area contributed by atoms with Gasteiger partial charge < -0.3 is 10.2 Å². The molecule has 2 nitrogen and oxygen atoms in total. The molecule has 0 amide bonds. The highest BCUT2D eigenvalue weighted by Gasteiger charge is 2.59. The number of hydrogen-bond acceptors (Lipinski definition) is 2. The minimum absolute atomic E-state index is 0.0401. The summed E-state index contributed by atoms with van der Waals surface area (Å²) in [5, 5.41) is 19.8. The standard InChI is InChI=1S/C22H36O2/c1-14(13-23)18-6-7-19-17-5-4-15-12-16(24)8-10-21(15,2)20(17)9-11-22(18,19)3/h15-17,19-20,23-24H,4-13H2,1-3H3/b18-14+. The van der Waals surface area contributed by atoms with Gasteiger partial charge in [-0.05, 0) is 105 Å². The van der Waals surface area contributed by atoms with Gasteiger partial charge in [-0.3, -0.25) is 0 Å². The molecule has 4 aliphatic rings. The van der Waals surface area contributed by atoms with E-state index >= 15 is 0 Å². The molecular formula is C22H36O2. The number of rotatable bonds is 1. The highest BCUT2D eigenvalue weighted by atomic mass is 16.3. The summed E-state index contributed by atoms with van der Waals surface area (Å²) in [7, 11) is 0. The van der Waals surface area contributed by atoms with Crippen molar-refractivity contribution in [1.82, 2.24) is 0 Å². The van der Waals surface area contributed by atoms with Gasteiger partial charge in [-0.15, -0.1) is 0 Å². The average molecular weight is 333 g/mol. The van der Waals surface area contributed by atoms with Crippen molar-refractivity contribution >= 4 is 0 Å². The highest BCUT2D eigenvalue weighted by molar-refractivity contribution is 5.28. The van der Waals surface area contributed by atoms with Gasteiger partial charge in [0, 0.05) is 0 Å². The van der Waals surface area contributed by atoms with Crippen LogP contribution in [0.2, 0.25) is 0 Å². The number of hydrogen-bond donors (Lipinski definition) is 2. The zero-order chi connectivity index (χ0) is 17.1. The molecule has 7 atom stereocenters. The minimum Gasteiger partial charge on any atom is -0.393 e. The summed E-state index contributed by atoms with van der Waals surface area (Å²) in [5.41, 5.74) is 3.67. The minimum atomic E-state index is -0.0401. The molecule has 0 radical (unpaired) electrons. The van der Waals surface area contributed by atoms with Gasteiger partial charge in [0.15, 0.2) is 0 Å². The second-order valence-corrected chi connectivity index (χ2v) is 10.00. The van der Waals surface area contributed by atoms with Crippen molar-refractivity contribution in [3.8, 4) is 0 Å². The van der Waals surface area contributed by atoms with Crippen LogP contribution in [0.1, 0.15) is 78.6 Å². The summed E-state index contributed by atoms with van der Waals surface area (Å²) in [4.78, 5) is 0. The summed E-state index contributed by atoms with van der Waals surface area (Å²) in [5.74, 6) is 3.33. The predicted octanol–water partition coefficient (Wildman–Crippen LogP) is 4.70. The maximum atomic E-state index is 10.1. The Morgan fingerprint density at radius 1 is 1.04 bits per heavy atom. The Morgan fingerprint density at radius 2 is 1.83 bits per heavy atom. The lowest BCUT2D eigenvalue weighted by atomic mass is 9.45. The molecule has 0 aromatic carbocycles. The van der Waals surface area contributed by atoms with E-state index in [0.29, 0.717) is 10.8 Å². The second-order valence-electron chi connectivity index (χ2n) is 10.00. The SMILES string of the molecule is C/C(CO)=C1/CCC2C3CCC4CC(O)CCC4(C)C3CCC12C. The maximum Gasteiger partial charge on any atom is 0.0641 e. The van der Waals surface area contributed by atoms with Crippen molar-refractivity contribution in [2.45, 2.75) is 84.7 Å². The van der Waals surface area contributed by atoms with Gasteiger partial charge in [-0.25, -0.2) is 0 Å². The molecule has 4 aliphatic carbocycles. The van der Waals surface area contributed by atoms with Crippen LogP contribution in [-0.4, -0.2) is 22.9 Å². The molecule has 0 aromatic rings. The smallest absolute Gasteiger partial charge is 0.0641 e. The van der Waals surface area contributed by atoms with E-state index in [-0.39, 0.29) is 12.7 Å². The molecule has 0 aliphatic heterocycles. The first-order valence-electron chi connectivity index (χ1n) is 10.4. The summed E-state index contributed by atoms with van der Waals surface area (Å²) in [6.45, 7) is 7.46. The van der Waals surface area contributed by atoms with E-state index in [1.165, 1.54) is 50.5 Å². The van der Waals surface area contributed by atoms with Gasteiger partial charge in [-0.1, -0.05) is 19.4 Å².